The van der Waals surface area contributed by atoms with Crippen LogP contribution in [0.15, 0.2) is 16.6 Å². The van der Waals surface area contributed by atoms with Crippen LogP contribution in [0.3, 0.4) is 0 Å². The van der Waals surface area contributed by atoms with Gasteiger partial charge in [0.1, 0.15) is 11.6 Å². The summed E-state index contributed by atoms with van der Waals surface area (Å²) in [4.78, 5) is 0. The van der Waals surface area contributed by atoms with Crippen LogP contribution in [0.5, 0.6) is 0 Å². The van der Waals surface area contributed by atoms with Crippen LogP contribution < -0.4 is 5.32 Å². The summed E-state index contributed by atoms with van der Waals surface area (Å²) in [5.74, 6) is -0.108. The van der Waals surface area contributed by atoms with E-state index in [-0.39, 0.29) is 5.56 Å². The zero-order valence-electron chi connectivity index (χ0n) is 11.9. The minimum atomic E-state index is -0.450. The Balaban J connectivity index is 1.87. The van der Waals surface area contributed by atoms with Gasteiger partial charge in [0.25, 0.3) is 0 Å². The van der Waals surface area contributed by atoms with Crippen molar-refractivity contribution in [3.8, 4) is 0 Å². The molecule has 1 aromatic carbocycles. The number of nitrogens with one attached hydrogen (secondary N) is 1. The van der Waals surface area contributed by atoms with Crippen molar-refractivity contribution in [2.75, 3.05) is 6.54 Å². The van der Waals surface area contributed by atoms with Gasteiger partial charge in [-0.3, -0.25) is 0 Å². The lowest BCUT2D eigenvalue weighted by atomic mass is 10.0. The molecule has 0 heterocycles. The second kappa shape index (κ2) is 7.51. The molecule has 1 atom stereocenters. The minimum Gasteiger partial charge on any atom is -0.314 e. The highest BCUT2D eigenvalue weighted by Gasteiger charge is 2.30. The first-order valence-corrected chi connectivity index (χ1v) is 8.28. The molecule has 0 amide bonds. The molecule has 0 radical (unpaired) electrons. The molecule has 0 saturated heterocycles. The molecule has 4 heteroatoms. The van der Waals surface area contributed by atoms with Gasteiger partial charge in [-0.05, 0) is 79.1 Å². The molecule has 1 saturated carbocycles. The average molecular weight is 346 g/mol. The maximum Gasteiger partial charge on any atom is 0.143 e. The second-order valence-electron chi connectivity index (χ2n) is 5.61. The highest BCUT2D eigenvalue weighted by atomic mass is 79.9. The summed E-state index contributed by atoms with van der Waals surface area (Å²) in [5.41, 5.74) is 0.212. The lowest BCUT2D eigenvalue weighted by Crippen LogP contribution is -2.31. The van der Waals surface area contributed by atoms with Crippen LogP contribution in [-0.2, 0) is 6.42 Å². The number of halogens is 3. The molecule has 112 valence electrons. The Labute approximate surface area is 128 Å². The van der Waals surface area contributed by atoms with Gasteiger partial charge >= 0.3 is 0 Å². The third-order valence-electron chi connectivity index (χ3n) is 3.93. The fraction of sp³-hybridized carbons (Fsp3) is 0.625. The molecule has 2 rings (SSSR count). The molecule has 1 aromatic rings. The van der Waals surface area contributed by atoms with E-state index in [1.807, 2.05) is 0 Å². The van der Waals surface area contributed by atoms with Crippen molar-refractivity contribution in [2.24, 2.45) is 5.92 Å². The van der Waals surface area contributed by atoms with E-state index in [0.717, 1.165) is 31.7 Å². The van der Waals surface area contributed by atoms with E-state index >= 15 is 0 Å². The van der Waals surface area contributed by atoms with Crippen molar-refractivity contribution in [1.82, 2.24) is 5.32 Å². The molecule has 1 nitrogen and oxygen atoms in total. The zero-order chi connectivity index (χ0) is 14.5. The van der Waals surface area contributed by atoms with Crippen molar-refractivity contribution in [3.05, 3.63) is 33.8 Å². The Morgan fingerprint density at radius 2 is 2.10 bits per heavy atom. The van der Waals surface area contributed by atoms with Gasteiger partial charge in [-0.1, -0.05) is 6.92 Å². The molecular formula is C16H22BrF2N. The van der Waals surface area contributed by atoms with E-state index in [4.69, 9.17) is 0 Å². The summed E-state index contributed by atoms with van der Waals surface area (Å²) >= 11 is 3.11. The van der Waals surface area contributed by atoms with Crippen LogP contribution in [0.1, 0.15) is 44.6 Å². The van der Waals surface area contributed by atoms with E-state index in [2.05, 4.69) is 28.2 Å². The minimum absolute atomic E-state index is 0.212. The average Bonchev–Trinajstić information content (AvgIpc) is 3.26. The summed E-state index contributed by atoms with van der Waals surface area (Å²) in [6, 6.07) is 3.27. The van der Waals surface area contributed by atoms with E-state index in [9.17, 15) is 8.78 Å². The van der Waals surface area contributed by atoms with Gasteiger partial charge in [-0.25, -0.2) is 8.78 Å². The lowest BCUT2D eigenvalue weighted by molar-refractivity contribution is 0.421. The third kappa shape index (κ3) is 4.26. The molecule has 1 aliphatic carbocycles. The van der Waals surface area contributed by atoms with Gasteiger partial charge in [0.2, 0.25) is 0 Å². The maximum absolute atomic E-state index is 13.9. The number of rotatable bonds is 8. The molecule has 0 bridgehead atoms. The van der Waals surface area contributed by atoms with Gasteiger partial charge < -0.3 is 5.32 Å². The smallest absolute Gasteiger partial charge is 0.143 e. The zero-order valence-corrected chi connectivity index (χ0v) is 13.5. The predicted octanol–water partition coefficient (Wildman–Crippen LogP) is 4.83. The number of hydrogen-bond acceptors (Lipinski definition) is 1. The Hall–Kier alpha value is -0.480. The molecule has 1 fully saturated rings. The molecule has 1 unspecified atom stereocenters. The third-order valence-corrected chi connectivity index (χ3v) is 4.54. The first kappa shape index (κ1) is 15.9. The molecule has 0 aromatic heterocycles. The monoisotopic (exact) mass is 345 g/mol. The summed E-state index contributed by atoms with van der Waals surface area (Å²) < 4.78 is 27.9. The fourth-order valence-corrected chi connectivity index (χ4v) is 3.00. The molecule has 1 N–H and O–H groups in total. The first-order chi connectivity index (χ1) is 9.63. The van der Waals surface area contributed by atoms with Crippen molar-refractivity contribution in [1.29, 1.82) is 0 Å². The van der Waals surface area contributed by atoms with Crippen LogP contribution in [-0.4, -0.2) is 12.6 Å². The molecular weight excluding hydrogens is 324 g/mol. The topological polar surface area (TPSA) is 12.0 Å². The Morgan fingerprint density at radius 3 is 2.75 bits per heavy atom. The summed E-state index contributed by atoms with van der Waals surface area (Å²) in [7, 11) is 0. The maximum atomic E-state index is 13.9. The largest absolute Gasteiger partial charge is 0.314 e. The SMILES string of the molecule is CCCNC(CCCc1c(F)ccc(Br)c1F)C1CC1. The van der Waals surface area contributed by atoms with Crippen molar-refractivity contribution < 1.29 is 8.78 Å². The number of benzene rings is 1. The predicted molar refractivity (Wildman–Crippen MR) is 81.8 cm³/mol. The van der Waals surface area contributed by atoms with Crippen LogP contribution in [0.4, 0.5) is 8.78 Å². The van der Waals surface area contributed by atoms with Gasteiger partial charge in [0, 0.05) is 11.6 Å². The Kier molecular flexibility index (Phi) is 5.97. The van der Waals surface area contributed by atoms with Crippen LogP contribution in [0.25, 0.3) is 0 Å². The van der Waals surface area contributed by atoms with Crippen molar-refractivity contribution >= 4 is 15.9 Å². The second-order valence-corrected chi connectivity index (χ2v) is 6.47. The number of hydrogen-bond donors (Lipinski definition) is 1. The van der Waals surface area contributed by atoms with Gasteiger partial charge in [0.15, 0.2) is 0 Å². The fourth-order valence-electron chi connectivity index (χ4n) is 2.63. The molecule has 1 aliphatic rings. The highest BCUT2D eigenvalue weighted by Crippen LogP contribution is 2.35. The van der Waals surface area contributed by atoms with Crippen LogP contribution >= 0.6 is 15.9 Å². The highest BCUT2D eigenvalue weighted by molar-refractivity contribution is 9.10. The summed E-state index contributed by atoms with van der Waals surface area (Å²) in [5, 5.41) is 3.56. The quantitative estimate of drug-likeness (QED) is 0.665. The van der Waals surface area contributed by atoms with E-state index in [1.165, 1.54) is 25.0 Å². The van der Waals surface area contributed by atoms with E-state index in [0.29, 0.717) is 16.9 Å². The van der Waals surface area contributed by atoms with Crippen molar-refractivity contribution in [3.63, 3.8) is 0 Å². The van der Waals surface area contributed by atoms with Gasteiger partial charge in [0.05, 0.1) is 4.47 Å². The van der Waals surface area contributed by atoms with Crippen LogP contribution in [0, 0.1) is 17.6 Å². The van der Waals surface area contributed by atoms with Gasteiger partial charge in [-0.2, -0.15) is 0 Å². The Bertz CT molecular complexity index is 446. The summed E-state index contributed by atoms with van der Waals surface area (Å²) in [6.45, 7) is 3.18. The standard InChI is InChI=1S/C16H22BrF2N/c1-2-10-20-15(11-6-7-11)5-3-4-12-14(18)9-8-13(17)16(12)19/h8-9,11,15,20H,2-7,10H2,1H3. The van der Waals surface area contributed by atoms with E-state index < -0.39 is 11.6 Å². The Morgan fingerprint density at radius 1 is 1.35 bits per heavy atom. The first-order valence-electron chi connectivity index (χ1n) is 7.49. The van der Waals surface area contributed by atoms with Gasteiger partial charge in [-0.15, -0.1) is 0 Å². The molecule has 20 heavy (non-hydrogen) atoms. The normalized spacial score (nSPS) is 16.4. The van der Waals surface area contributed by atoms with Crippen LogP contribution in [0.2, 0.25) is 0 Å². The molecule has 0 aliphatic heterocycles. The molecule has 0 spiro atoms. The lowest BCUT2D eigenvalue weighted by Gasteiger charge is -2.18. The van der Waals surface area contributed by atoms with E-state index in [1.54, 1.807) is 0 Å². The van der Waals surface area contributed by atoms with Crippen molar-refractivity contribution in [2.45, 2.75) is 51.5 Å². The summed E-state index contributed by atoms with van der Waals surface area (Å²) in [6.07, 6.45) is 5.99.